The molecule has 164 valence electrons. The monoisotopic (exact) mass is 443 g/mol. The average molecular weight is 444 g/mol. The molecule has 0 spiro atoms. The van der Waals surface area contributed by atoms with E-state index in [-0.39, 0.29) is 5.82 Å². The van der Waals surface area contributed by atoms with Gasteiger partial charge in [-0.2, -0.15) is 0 Å². The maximum Gasteiger partial charge on any atom is 0.179 e. The van der Waals surface area contributed by atoms with Gasteiger partial charge in [-0.25, -0.2) is 4.39 Å². The number of nitrogens with zero attached hydrogens (tertiary/aromatic N) is 5. The SMILES string of the molecule is CCOc1c(F)cccc1N1CCN(Cc2ccn3c(CC4CC4)nnc3c2Cl)CC1. The highest BCUT2D eigenvalue weighted by atomic mass is 35.5. The molecule has 0 amide bonds. The van der Waals surface area contributed by atoms with Crippen LogP contribution in [0.4, 0.5) is 10.1 Å². The summed E-state index contributed by atoms with van der Waals surface area (Å²) >= 11 is 6.71. The summed E-state index contributed by atoms with van der Waals surface area (Å²) in [7, 11) is 0. The predicted molar refractivity (Wildman–Crippen MR) is 119 cm³/mol. The van der Waals surface area contributed by atoms with Crippen LogP contribution in [0.1, 0.15) is 31.2 Å². The van der Waals surface area contributed by atoms with Crippen molar-refractivity contribution in [2.45, 2.75) is 32.7 Å². The van der Waals surface area contributed by atoms with Crippen LogP contribution in [0.2, 0.25) is 5.02 Å². The van der Waals surface area contributed by atoms with Crippen LogP contribution in [0.15, 0.2) is 30.5 Å². The molecule has 8 heteroatoms. The van der Waals surface area contributed by atoms with E-state index in [0.29, 0.717) is 17.4 Å². The fourth-order valence-electron chi connectivity index (χ4n) is 4.27. The van der Waals surface area contributed by atoms with Crippen LogP contribution < -0.4 is 9.64 Å². The van der Waals surface area contributed by atoms with Crippen LogP contribution in [-0.2, 0) is 13.0 Å². The zero-order valence-electron chi connectivity index (χ0n) is 17.7. The number of rotatable bonds is 7. The molecule has 6 nitrogen and oxygen atoms in total. The summed E-state index contributed by atoms with van der Waals surface area (Å²) in [5.41, 5.74) is 2.64. The Labute approximate surface area is 186 Å². The Morgan fingerprint density at radius 3 is 2.68 bits per heavy atom. The highest BCUT2D eigenvalue weighted by Gasteiger charge is 2.25. The molecule has 31 heavy (non-hydrogen) atoms. The van der Waals surface area contributed by atoms with E-state index in [0.717, 1.165) is 67.8 Å². The number of anilines is 1. The molecular weight excluding hydrogens is 417 g/mol. The number of piperazine rings is 1. The third kappa shape index (κ3) is 4.21. The molecule has 0 radical (unpaired) electrons. The van der Waals surface area contributed by atoms with Gasteiger partial charge in [-0.1, -0.05) is 17.7 Å². The number of benzene rings is 1. The number of hydrogen-bond acceptors (Lipinski definition) is 5. The van der Waals surface area contributed by atoms with Crippen molar-refractivity contribution in [3.8, 4) is 5.75 Å². The number of hydrogen-bond donors (Lipinski definition) is 0. The smallest absolute Gasteiger partial charge is 0.179 e. The lowest BCUT2D eigenvalue weighted by Crippen LogP contribution is -2.46. The fourth-order valence-corrected chi connectivity index (χ4v) is 4.53. The van der Waals surface area contributed by atoms with Crippen LogP contribution in [-0.4, -0.2) is 52.3 Å². The summed E-state index contributed by atoms with van der Waals surface area (Å²) in [4.78, 5) is 4.56. The predicted octanol–water partition coefficient (Wildman–Crippen LogP) is 4.20. The number of pyridine rings is 1. The number of aromatic nitrogens is 3. The molecule has 0 N–H and O–H groups in total. The summed E-state index contributed by atoms with van der Waals surface area (Å²) in [5, 5.41) is 9.39. The Morgan fingerprint density at radius 1 is 1.13 bits per heavy atom. The highest BCUT2D eigenvalue weighted by Crippen LogP contribution is 2.34. The third-order valence-corrected chi connectivity index (χ3v) is 6.59. The van der Waals surface area contributed by atoms with Crippen molar-refractivity contribution < 1.29 is 9.13 Å². The van der Waals surface area contributed by atoms with E-state index < -0.39 is 0 Å². The molecule has 1 aliphatic heterocycles. The van der Waals surface area contributed by atoms with Gasteiger partial charge in [0.15, 0.2) is 17.2 Å². The standard InChI is InChI=1S/C23H27ClFN5O/c1-2-31-22-18(25)4-3-5-19(22)29-12-10-28(11-13-29)15-17-8-9-30-20(14-16-6-7-16)26-27-23(30)21(17)24/h3-5,8-9,16H,2,6-7,10-15H2,1H3. The van der Waals surface area contributed by atoms with E-state index in [4.69, 9.17) is 16.3 Å². The first-order valence-corrected chi connectivity index (χ1v) is 11.4. The number of fused-ring (bicyclic) bond motifs is 1. The second-order valence-electron chi connectivity index (χ2n) is 8.40. The maximum absolute atomic E-state index is 14.2. The van der Waals surface area contributed by atoms with Crippen molar-refractivity contribution in [1.29, 1.82) is 0 Å². The van der Waals surface area contributed by atoms with Gasteiger partial charge in [0.1, 0.15) is 5.82 Å². The Hall–Kier alpha value is -2.38. The van der Waals surface area contributed by atoms with Crippen LogP contribution in [0.5, 0.6) is 5.75 Å². The van der Waals surface area contributed by atoms with Crippen LogP contribution in [0.25, 0.3) is 5.65 Å². The highest BCUT2D eigenvalue weighted by molar-refractivity contribution is 6.34. The molecule has 0 atom stereocenters. The van der Waals surface area contributed by atoms with E-state index in [9.17, 15) is 4.39 Å². The lowest BCUT2D eigenvalue weighted by atomic mass is 10.2. The summed E-state index contributed by atoms with van der Waals surface area (Å²) < 4.78 is 21.8. The van der Waals surface area contributed by atoms with Crippen molar-refractivity contribution >= 4 is 22.9 Å². The molecular formula is C23H27ClFN5O. The van der Waals surface area contributed by atoms with Crippen molar-refractivity contribution in [2.75, 3.05) is 37.7 Å². The van der Waals surface area contributed by atoms with Crippen molar-refractivity contribution in [3.63, 3.8) is 0 Å². The van der Waals surface area contributed by atoms with Gasteiger partial charge in [-0.05, 0) is 49.4 Å². The summed E-state index contributed by atoms with van der Waals surface area (Å²) in [6.45, 7) is 6.42. The van der Waals surface area contributed by atoms with Crippen LogP contribution >= 0.6 is 11.6 Å². The number of halogens is 2. The minimum Gasteiger partial charge on any atom is -0.489 e. The lowest BCUT2D eigenvalue weighted by Gasteiger charge is -2.36. The minimum absolute atomic E-state index is 0.309. The van der Waals surface area contributed by atoms with Gasteiger partial charge in [0, 0.05) is 45.3 Å². The molecule has 3 aromatic rings. The average Bonchev–Trinajstić information content (AvgIpc) is 3.50. The molecule has 1 aromatic carbocycles. The Balaban J connectivity index is 1.26. The van der Waals surface area contributed by atoms with Crippen molar-refractivity contribution in [3.05, 3.63) is 52.7 Å². The van der Waals surface area contributed by atoms with E-state index in [1.807, 2.05) is 23.6 Å². The summed E-state index contributed by atoms with van der Waals surface area (Å²) in [5.74, 6) is 1.79. The second kappa shape index (κ2) is 8.63. The molecule has 0 bridgehead atoms. The van der Waals surface area contributed by atoms with E-state index >= 15 is 0 Å². The quantitative estimate of drug-likeness (QED) is 0.547. The van der Waals surface area contributed by atoms with Gasteiger partial charge >= 0.3 is 0 Å². The van der Waals surface area contributed by atoms with E-state index in [1.165, 1.54) is 18.9 Å². The summed E-state index contributed by atoms with van der Waals surface area (Å²) in [6, 6.07) is 7.20. The second-order valence-corrected chi connectivity index (χ2v) is 8.77. The van der Waals surface area contributed by atoms with Gasteiger partial charge in [0.25, 0.3) is 0 Å². The molecule has 2 aliphatic rings. The van der Waals surface area contributed by atoms with Gasteiger partial charge in [-0.15, -0.1) is 10.2 Å². The van der Waals surface area contributed by atoms with Gasteiger partial charge in [0.05, 0.1) is 17.3 Å². The molecule has 2 aromatic heterocycles. The minimum atomic E-state index is -0.309. The number of ether oxygens (including phenoxy) is 1. The Kier molecular flexibility index (Phi) is 5.71. The molecule has 5 rings (SSSR count). The maximum atomic E-state index is 14.2. The summed E-state index contributed by atoms with van der Waals surface area (Å²) in [6.07, 6.45) is 5.59. The van der Waals surface area contributed by atoms with Gasteiger partial charge in [0.2, 0.25) is 0 Å². The zero-order valence-corrected chi connectivity index (χ0v) is 18.5. The Bertz CT molecular complexity index is 1080. The molecule has 0 unspecified atom stereocenters. The van der Waals surface area contributed by atoms with Gasteiger partial charge in [-0.3, -0.25) is 9.30 Å². The van der Waals surface area contributed by atoms with Crippen LogP contribution in [0, 0.1) is 11.7 Å². The molecule has 1 saturated carbocycles. The lowest BCUT2D eigenvalue weighted by molar-refractivity contribution is 0.248. The molecule has 3 heterocycles. The molecule has 2 fully saturated rings. The normalized spacial score (nSPS) is 17.5. The Morgan fingerprint density at radius 2 is 1.94 bits per heavy atom. The first-order valence-electron chi connectivity index (χ1n) is 11.0. The third-order valence-electron chi connectivity index (χ3n) is 6.18. The largest absolute Gasteiger partial charge is 0.489 e. The first-order chi connectivity index (χ1) is 15.1. The molecule has 1 saturated heterocycles. The topological polar surface area (TPSA) is 45.9 Å². The zero-order chi connectivity index (χ0) is 21.4. The van der Waals surface area contributed by atoms with Crippen molar-refractivity contribution in [1.82, 2.24) is 19.5 Å². The first kappa shape index (κ1) is 20.5. The fraction of sp³-hybridized carbons (Fsp3) is 0.478. The number of para-hydroxylation sites is 1. The van der Waals surface area contributed by atoms with E-state index in [2.05, 4.69) is 26.1 Å². The van der Waals surface area contributed by atoms with Crippen LogP contribution in [0.3, 0.4) is 0 Å². The van der Waals surface area contributed by atoms with Crippen molar-refractivity contribution in [2.24, 2.45) is 5.92 Å². The molecule has 1 aliphatic carbocycles. The van der Waals surface area contributed by atoms with E-state index in [1.54, 1.807) is 6.07 Å². The van der Waals surface area contributed by atoms with Gasteiger partial charge < -0.3 is 9.64 Å².